The van der Waals surface area contributed by atoms with Crippen molar-refractivity contribution >= 4 is 24.2 Å². The first-order chi connectivity index (χ1) is 14.0. The highest BCUT2D eigenvalue weighted by atomic mass is 19.1. The Morgan fingerprint density at radius 3 is 2.62 bits per heavy atom. The number of likely N-dealkylation sites (tertiary alicyclic amines) is 1. The van der Waals surface area contributed by atoms with Gasteiger partial charge in [-0.3, -0.25) is 4.98 Å². The van der Waals surface area contributed by atoms with E-state index in [1.165, 1.54) is 11.0 Å². The van der Waals surface area contributed by atoms with Crippen molar-refractivity contribution in [3.8, 4) is 0 Å². The van der Waals surface area contributed by atoms with E-state index in [-0.39, 0.29) is 17.3 Å². The van der Waals surface area contributed by atoms with Crippen LogP contribution in [0.4, 0.5) is 4.39 Å². The molecule has 0 amide bonds. The van der Waals surface area contributed by atoms with E-state index in [9.17, 15) is 4.39 Å². The second kappa shape index (κ2) is 8.25. The van der Waals surface area contributed by atoms with Crippen molar-refractivity contribution in [1.82, 2.24) is 9.88 Å². The van der Waals surface area contributed by atoms with Crippen LogP contribution in [0.3, 0.4) is 0 Å². The van der Waals surface area contributed by atoms with Crippen LogP contribution in [0, 0.1) is 5.82 Å². The average molecular weight is 390 g/mol. The SMILES string of the molecule is Bc1cc(C(C)OCC2(c3ccc(F)cc3)CCN(C)CC2)c2ncccc2c1. The fourth-order valence-electron chi connectivity index (χ4n) is 4.43. The molecule has 2 heterocycles. The molecule has 0 bridgehead atoms. The minimum absolute atomic E-state index is 0.0655. The summed E-state index contributed by atoms with van der Waals surface area (Å²) in [5.74, 6) is -0.191. The number of nitrogens with zero attached hydrogens (tertiary/aromatic N) is 2. The summed E-state index contributed by atoms with van der Waals surface area (Å²) in [5, 5.41) is 1.14. The topological polar surface area (TPSA) is 25.4 Å². The van der Waals surface area contributed by atoms with E-state index < -0.39 is 0 Å². The molecule has 29 heavy (non-hydrogen) atoms. The maximum absolute atomic E-state index is 13.5. The van der Waals surface area contributed by atoms with Crippen molar-refractivity contribution < 1.29 is 9.13 Å². The van der Waals surface area contributed by atoms with Gasteiger partial charge in [0.05, 0.1) is 18.2 Å². The molecule has 1 saturated heterocycles. The van der Waals surface area contributed by atoms with Gasteiger partial charge < -0.3 is 9.64 Å². The third-order valence-electron chi connectivity index (χ3n) is 6.33. The third-order valence-corrected chi connectivity index (χ3v) is 6.33. The molecule has 1 aromatic heterocycles. The predicted molar refractivity (Wildman–Crippen MR) is 119 cm³/mol. The highest BCUT2D eigenvalue weighted by molar-refractivity contribution is 6.33. The molecule has 0 saturated carbocycles. The van der Waals surface area contributed by atoms with E-state index in [1.807, 2.05) is 24.4 Å². The van der Waals surface area contributed by atoms with E-state index in [0.29, 0.717) is 6.61 Å². The van der Waals surface area contributed by atoms with E-state index in [4.69, 9.17) is 4.74 Å². The summed E-state index contributed by atoms with van der Waals surface area (Å²) < 4.78 is 20.0. The van der Waals surface area contributed by atoms with Gasteiger partial charge in [-0.25, -0.2) is 4.39 Å². The molecule has 4 rings (SSSR count). The Balaban J connectivity index is 1.60. The molecule has 0 spiro atoms. The Kier molecular flexibility index (Phi) is 5.71. The van der Waals surface area contributed by atoms with Gasteiger partial charge in [0.2, 0.25) is 0 Å². The van der Waals surface area contributed by atoms with Crippen molar-refractivity contribution in [3.05, 3.63) is 71.7 Å². The predicted octanol–water partition coefficient (Wildman–Crippen LogP) is 3.37. The molecule has 0 aliphatic carbocycles. The summed E-state index contributed by atoms with van der Waals surface area (Å²) in [4.78, 5) is 6.96. The lowest BCUT2D eigenvalue weighted by atomic mass is 9.73. The number of benzene rings is 2. The number of aromatic nitrogens is 1. The van der Waals surface area contributed by atoms with Gasteiger partial charge in [0.25, 0.3) is 0 Å². The molecule has 3 aromatic rings. The summed E-state index contributed by atoms with van der Waals surface area (Å²) in [7, 11) is 4.27. The van der Waals surface area contributed by atoms with Gasteiger partial charge in [-0.15, -0.1) is 0 Å². The number of rotatable bonds is 5. The molecule has 5 heteroatoms. The van der Waals surface area contributed by atoms with Crippen LogP contribution < -0.4 is 5.46 Å². The van der Waals surface area contributed by atoms with Gasteiger partial charge in [-0.2, -0.15) is 0 Å². The Morgan fingerprint density at radius 2 is 1.90 bits per heavy atom. The summed E-state index contributed by atoms with van der Waals surface area (Å²) >= 11 is 0. The Labute approximate surface area is 173 Å². The van der Waals surface area contributed by atoms with Crippen LogP contribution in [0.5, 0.6) is 0 Å². The number of pyridine rings is 1. The second-order valence-corrected chi connectivity index (χ2v) is 8.47. The van der Waals surface area contributed by atoms with Crippen molar-refractivity contribution in [2.45, 2.75) is 31.3 Å². The molecule has 1 atom stereocenters. The lowest BCUT2D eigenvalue weighted by molar-refractivity contribution is 0.00699. The largest absolute Gasteiger partial charge is 0.373 e. The lowest BCUT2D eigenvalue weighted by Gasteiger charge is -2.41. The molecule has 0 N–H and O–H groups in total. The Bertz CT molecular complexity index is 984. The smallest absolute Gasteiger partial charge is 0.139 e. The maximum Gasteiger partial charge on any atom is 0.139 e. The van der Waals surface area contributed by atoms with Crippen LogP contribution in [-0.4, -0.2) is 44.5 Å². The highest BCUT2D eigenvalue weighted by Gasteiger charge is 2.36. The molecular weight excluding hydrogens is 362 g/mol. The monoisotopic (exact) mass is 390 g/mol. The minimum Gasteiger partial charge on any atom is -0.373 e. The molecule has 1 fully saturated rings. The highest BCUT2D eigenvalue weighted by Crippen LogP contribution is 2.37. The Hall–Kier alpha value is -2.24. The molecule has 2 aromatic carbocycles. The first-order valence-electron chi connectivity index (χ1n) is 10.4. The van der Waals surface area contributed by atoms with Crippen LogP contribution >= 0.6 is 0 Å². The Morgan fingerprint density at radius 1 is 1.17 bits per heavy atom. The van der Waals surface area contributed by atoms with E-state index in [2.05, 4.69) is 49.9 Å². The number of halogens is 1. The van der Waals surface area contributed by atoms with Gasteiger partial charge in [0.15, 0.2) is 0 Å². The lowest BCUT2D eigenvalue weighted by Crippen LogP contribution is -2.44. The van der Waals surface area contributed by atoms with Crippen LogP contribution in [0.25, 0.3) is 10.9 Å². The zero-order chi connectivity index (χ0) is 20.4. The summed E-state index contributed by atoms with van der Waals surface area (Å²) in [6, 6.07) is 15.4. The molecule has 0 radical (unpaired) electrons. The van der Waals surface area contributed by atoms with E-state index in [0.717, 1.165) is 42.4 Å². The van der Waals surface area contributed by atoms with Gasteiger partial charge in [-0.05, 0) is 69.1 Å². The van der Waals surface area contributed by atoms with Crippen molar-refractivity contribution in [1.29, 1.82) is 0 Å². The van der Waals surface area contributed by atoms with Crippen molar-refractivity contribution in [2.75, 3.05) is 26.7 Å². The second-order valence-electron chi connectivity index (χ2n) is 8.47. The average Bonchev–Trinajstić information content (AvgIpc) is 2.73. The molecule has 1 aliphatic rings. The third kappa shape index (κ3) is 4.21. The van der Waals surface area contributed by atoms with Gasteiger partial charge in [0, 0.05) is 17.2 Å². The molecule has 150 valence electrons. The standard InChI is InChI=1S/C24H28BFN2O/c1-17(22-15-20(25)14-18-4-3-11-27-23(18)22)29-16-24(9-12-28(2)13-10-24)19-5-7-21(26)8-6-19/h3-8,11,14-15,17H,9-10,12-13,16,25H2,1-2H3. The zero-order valence-corrected chi connectivity index (χ0v) is 17.5. The van der Waals surface area contributed by atoms with Crippen molar-refractivity contribution in [3.63, 3.8) is 0 Å². The van der Waals surface area contributed by atoms with Gasteiger partial charge in [0.1, 0.15) is 13.7 Å². The minimum atomic E-state index is -0.191. The van der Waals surface area contributed by atoms with E-state index >= 15 is 0 Å². The summed E-state index contributed by atoms with van der Waals surface area (Å²) in [5.41, 5.74) is 4.43. The number of ether oxygens (including phenoxy) is 1. The summed E-state index contributed by atoms with van der Waals surface area (Å²) in [6.07, 6.45) is 3.79. The zero-order valence-electron chi connectivity index (χ0n) is 17.5. The number of fused-ring (bicyclic) bond motifs is 1. The molecular formula is C24H28BFN2O. The van der Waals surface area contributed by atoms with Gasteiger partial charge >= 0.3 is 0 Å². The fraction of sp³-hybridized carbons (Fsp3) is 0.375. The number of hydrogen-bond donors (Lipinski definition) is 0. The first-order valence-corrected chi connectivity index (χ1v) is 10.4. The van der Waals surface area contributed by atoms with Crippen LogP contribution in [-0.2, 0) is 10.2 Å². The van der Waals surface area contributed by atoms with Crippen LogP contribution in [0.15, 0.2) is 54.7 Å². The van der Waals surface area contributed by atoms with Gasteiger partial charge in [-0.1, -0.05) is 35.8 Å². The van der Waals surface area contributed by atoms with Crippen LogP contribution in [0.1, 0.15) is 37.0 Å². The quantitative estimate of drug-likeness (QED) is 0.625. The normalized spacial score (nSPS) is 18.0. The molecule has 1 unspecified atom stereocenters. The van der Waals surface area contributed by atoms with Crippen molar-refractivity contribution in [2.24, 2.45) is 0 Å². The van der Waals surface area contributed by atoms with E-state index in [1.54, 1.807) is 12.1 Å². The number of hydrogen-bond acceptors (Lipinski definition) is 3. The number of piperidine rings is 1. The molecule has 3 nitrogen and oxygen atoms in total. The maximum atomic E-state index is 13.5. The first kappa shape index (κ1) is 20.1. The fourth-order valence-corrected chi connectivity index (χ4v) is 4.43. The molecule has 1 aliphatic heterocycles. The van der Waals surface area contributed by atoms with Crippen LogP contribution in [0.2, 0.25) is 0 Å². The summed E-state index contributed by atoms with van der Waals surface area (Å²) in [6.45, 7) is 4.76.